The van der Waals surface area contributed by atoms with Crippen molar-refractivity contribution in [3.8, 4) is 0 Å². The van der Waals surface area contributed by atoms with Gasteiger partial charge in [0.25, 0.3) is 0 Å². The quantitative estimate of drug-likeness (QED) is 0.836. The minimum Gasteiger partial charge on any atom is -0.349 e. The highest BCUT2D eigenvalue weighted by Gasteiger charge is 2.18. The van der Waals surface area contributed by atoms with E-state index in [1.165, 1.54) is 25.7 Å². The van der Waals surface area contributed by atoms with Crippen LogP contribution in [0.4, 0.5) is 0 Å². The van der Waals surface area contributed by atoms with E-state index in [1.54, 1.807) is 6.33 Å². The fourth-order valence-electron chi connectivity index (χ4n) is 3.03. The van der Waals surface area contributed by atoms with Crippen LogP contribution in [0.1, 0.15) is 58.2 Å². The number of hydrogen-bond acceptors (Lipinski definition) is 4. The minimum atomic E-state index is 0.0998. The molecular formula is C16H29N5O. The van der Waals surface area contributed by atoms with E-state index < -0.39 is 0 Å². The Hall–Kier alpha value is -1.43. The van der Waals surface area contributed by atoms with E-state index in [2.05, 4.69) is 34.3 Å². The number of nitrogens with one attached hydrogen (secondary N) is 1. The van der Waals surface area contributed by atoms with Gasteiger partial charge in [0.2, 0.25) is 5.91 Å². The van der Waals surface area contributed by atoms with Gasteiger partial charge in [-0.05, 0) is 39.3 Å². The van der Waals surface area contributed by atoms with Crippen molar-refractivity contribution in [2.45, 2.75) is 71.5 Å². The van der Waals surface area contributed by atoms with Gasteiger partial charge in [0.15, 0.2) is 5.82 Å². The first kappa shape index (κ1) is 16.9. The highest BCUT2D eigenvalue weighted by atomic mass is 16.1. The van der Waals surface area contributed by atoms with E-state index in [0.717, 1.165) is 31.9 Å². The average molecular weight is 307 g/mol. The van der Waals surface area contributed by atoms with Gasteiger partial charge in [-0.1, -0.05) is 19.8 Å². The monoisotopic (exact) mass is 307 g/mol. The Kier molecular flexibility index (Phi) is 6.83. The standard InChI is InChI=1S/C16H29N5O/c1-3-8-21-13-18-19-15(21)12-17-16(22)11-14(2)20-9-6-4-5-7-10-20/h13-14H,3-12H2,1-2H3,(H,17,22)/t14-/m0/s1. The van der Waals surface area contributed by atoms with Crippen molar-refractivity contribution in [1.29, 1.82) is 0 Å². The number of aromatic nitrogens is 3. The molecule has 1 N–H and O–H groups in total. The summed E-state index contributed by atoms with van der Waals surface area (Å²) >= 11 is 0. The topological polar surface area (TPSA) is 63.1 Å². The van der Waals surface area contributed by atoms with Crippen molar-refractivity contribution in [3.63, 3.8) is 0 Å². The summed E-state index contributed by atoms with van der Waals surface area (Å²) in [6, 6.07) is 0.312. The Morgan fingerprint density at radius 3 is 2.73 bits per heavy atom. The molecule has 1 aliphatic rings. The van der Waals surface area contributed by atoms with E-state index >= 15 is 0 Å². The molecule has 0 aromatic carbocycles. The molecule has 2 heterocycles. The second kappa shape index (κ2) is 8.88. The van der Waals surface area contributed by atoms with Gasteiger partial charge in [0.1, 0.15) is 6.33 Å². The molecule has 1 amide bonds. The van der Waals surface area contributed by atoms with Crippen molar-refractivity contribution >= 4 is 5.91 Å². The van der Waals surface area contributed by atoms with E-state index in [9.17, 15) is 4.79 Å². The lowest BCUT2D eigenvalue weighted by molar-refractivity contribution is -0.122. The fourth-order valence-corrected chi connectivity index (χ4v) is 3.03. The molecule has 6 heteroatoms. The first-order chi connectivity index (χ1) is 10.7. The van der Waals surface area contributed by atoms with Crippen molar-refractivity contribution in [3.05, 3.63) is 12.2 Å². The van der Waals surface area contributed by atoms with Crippen LogP contribution in [0.3, 0.4) is 0 Å². The van der Waals surface area contributed by atoms with Crippen molar-refractivity contribution in [1.82, 2.24) is 25.0 Å². The maximum absolute atomic E-state index is 12.2. The third-order valence-corrected chi connectivity index (χ3v) is 4.35. The molecule has 0 aliphatic carbocycles. The Labute approximate surface area is 133 Å². The molecule has 0 saturated carbocycles. The van der Waals surface area contributed by atoms with Gasteiger partial charge in [-0.25, -0.2) is 0 Å². The van der Waals surface area contributed by atoms with E-state index in [4.69, 9.17) is 0 Å². The Morgan fingerprint density at radius 1 is 1.32 bits per heavy atom. The number of hydrogen-bond donors (Lipinski definition) is 1. The maximum atomic E-state index is 12.2. The van der Waals surface area contributed by atoms with Crippen molar-refractivity contribution in [2.24, 2.45) is 0 Å². The van der Waals surface area contributed by atoms with Gasteiger partial charge in [-0.2, -0.15) is 0 Å². The van der Waals surface area contributed by atoms with Crippen LogP contribution in [0.2, 0.25) is 0 Å². The van der Waals surface area contributed by atoms with E-state index in [-0.39, 0.29) is 5.91 Å². The molecule has 2 rings (SSSR count). The van der Waals surface area contributed by atoms with Crippen LogP contribution in [0.25, 0.3) is 0 Å². The molecule has 22 heavy (non-hydrogen) atoms. The molecule has 1 atom stereocenters. The van der Waals surface area contributed by atoms with Gasteiger partial charge >= 0.3 is 0 Å². The SMILES string of the molecule is CCCn1cnnc1CNC(=O)C[C@H](C)N1CCCCCC1. The number of aryl methyl sites for hydroxylation is 1. The summed E-state index contributed by atoms with van der Waals surface area (Å²) in [6.07, 6.45) is 8.47. The van der Waals surface area contributed by atoms with Crippen LogP contribution in [0.15, 0.2) is 6.33 Å². The van der Waals surface area contributed by atoms with Gasteiger partial charge in [0.05, 0.1) is 6.54 Å². The maximum Gasteiger partial charge on any atom is 0.221 e. The molecule has 1 aliphatic heterocycles. The second-order valence-electron chi connectivity index (χ2n) is 6.22. The Morgan fingerprint density at radius 2 is 2.05 bits per heavy atom. The van der Waals surface area contributed by atoms with Crippen LogP contribution in [0.5, 0.6) is 0 Å². The minimum absolute atomic E-state index is 0.0998. The predicted octanol–water partition coefficient (Wildman–Crippen LogP) is 1.96. The Bertz CT molecular complexity index is 451. The normalized spacial score (nSPS) is 17.9. The second-order valence-corrected chi connectivity index (χ2v) is 6.22. The van der Waals surface area contributed by atoms with Crippen LogP contribution < -0.4 is 5.32 Å². The molecule has 0 bridgehead atoms. The summed E-state index contributed by atoms with van der Waals surface area (Å²) in [5, 5.41) is 11.0. The van der Waals surface area contributed by atoms with Gasteiger partial charge in [-0.15, -0.1) is 10.2 Å². The summed E-state index contributed by atoms with van der Waals surface area (Å²) in [6.45, 7) is 7.88. The van der Waals surface area contributed by atoms with Crippen molar-refractivity contribution < 1.29 is 4.79 Å². The zero-order valence-electron chi connectivity index (χ0n) is 13.9. The lowest BCUT2D eigenvalue weighted by Crippen LogP contribution is -2.38. The van der Waals surface area contributed by atoms with Gasteiger partial charge in [0, 0.05) is 19.0 Å². The zero-order chi connectivity index (χ0) is 15.8. The zero-order valence-corrected chi connectivity index (χ0v) is 13.9. The number of carbonyl (C=O) groups excluding carboxylic acids is 1. The molecule has 1 aromatic rings. The molecule has 6 nitrogen and oxygen atoms in total. The number of rotatable bonds is 7. The smallest absolute Gasteiger partial charge is 0.221 e. The van der Waals surface area contributed by atoms with Crippen LogP contribution in [-0.4, -0.2) is 44.7 Å². The highest BCUT2D eigenvalue weighted by Crippen LogP contribution is 2.14. The summed E-state index contributed by atoms with van der Waals surface area (Å²) in [7, 11) is 0. The molecular weight excluding hydrogens is 278 g/mol. The predicted molar refractivity (Wildman–Crippen MR) is 86.3 cm³/mol. The number of carbonyl (C=O) groups is 1. The van der Waals surface area contributed by atoms with Gasteiger partial charge < -0.3 is 14.8 Å². The van der Waals surface area contributed by atoms with Crippen LogP contribution in [0, 0.1) is 0 Å². The third-order valence-electron chi connectivity index (χ3n) is 4.35. The van der Waals surface area contributed by atoms with Crippen molar-refractivity contribution in [2.75, 3.05) is 13.1 Å². The number of likely N-dealkylation sites (tertiary alicyclic amines) is 1. The Balaban J connectivity index is 1.75. The molecule has 1 saturated heterocycles. The highest BCUT2D eigenvalue weighted by molar-refractivity contribution is 5.76. The average Bonchev–Trinajstić information content (AvgIpc) is 2.76. The summed E-state index contributed by atoms with van der Waals surface area (Å²) in [5.74, 6) is 0.931. The summed E-state index contributed by atoms with van der Waals surface area (Å²) in [5.41, 5.74) is 0. The third kappa shape index (κ3) is 5.09. The molecule has 124 valence electrons. The lowest BCUT2D eigenvalue weighted by Gasteiger charge is -2.27. The van der Waals surface area contributed by atoms with Crippen LogP contribution >= 0.6 is 0 Å². The van der Waals surface area contributed by atoms with Crippen LogP contribution in [-0.2, 0) is 17.9 Å². The number of nitrogens with zero attached hydrogens (tertiary/aromatic N) is 4. The summed E-state index contributed by atoms with van der Waals surface area (Å²) in [4.78, 5) is 14.6. The molecule has 0 spiro atoms. The lowest BCUT2D eigenvalue weighted by atomic mass is 10.2. The summed E-state index contributed by atoms with van der Waals surface area (Å²) < 4.78 is 2.00. The fraction of sp³-hybridized carbons (Fsp3) is 0.812. The van der Waals surface area contributed by atoms with E-state index in [0.29, 0.717) is 19.0 Å². The first-order valence-electron chi connectivity index (χ1n) is 8.58. The number of amides is 1. The van der Waals surface area contributed by atoms with E-state index in [1.807, 2.05) is 4.57 Å². The molecule has 0 radical (unpaired) electrons. The van der Waals surface area contributed by atoms with Gasteiger partial charge in [-0.3, -0.25) is 4.79 Å². The first-order valence-corrected chi connectivity index (χ1v) is 8.58. The largest absolute Gasteiger partial charge is 0.349 e. The molecule has 0 unspecified atom stereocenters. The molecule has 1 aromatic heterocycles. The molecule has 1 fully saturated rings.